The minimum absolute atomic E-state index is 0.0596. The van der Waals surface area contributed by atoms with E-state index in [9.17, 15) is 13.2 Å². The molecule has 162 valence electrons. The lowest BCUT2D eigenvalue weighted by Gasteiger charge is -2.19. The first-order chi connectivity index (χ1) is 14.6. The first kappa shape index (κ1) is 22.4. The number of hydrogen-bond donors (Lipinski definition) is 2. The standard InChI is InChI=1S/C24H26N2O4S/c1-24(2,3)18-11-15-20(16-12-18)31(28,29)26-19-13-9-17(10-14-19)23(27)25-21-7-5-6-8-22(21)30-4/h5-16,26H,1-4H3,(H,25,27). The van der Waals surface area contributed by atoms with Crippen LogP contribution < -0.4 is 14.8 Å². The van der Waals surface area contributed by atoms with Gasteiger partial charge in [-0.25, -0.2) is 8.42 Å². The number of carbonyl (C=O) groups excluding carboxylic acids is 1. The summed E-state index contributed by atoms with van der Waals surface area (Å²) in [6.07, 6.45) is 0. The Kier molecular flexibility index (Phi) is 6.36. The number of amides is 1. The summed E-state index contributed by atoms with van der Waals surface area (Å²) in [7, 11) is -2.20. The van der Waals surface area contributed by atoms with Crippen molar-refractivity contribution in [1.82, 2.24) is 0 Å². The van der Waals surface area contributed by atoms with Gasteiger partial charge >= 0.3 is 0 Å². The molecule has 31 heavy (non-hydrogen) atoms. The van der Waals surface area contributed by atoms with E-state index in [1.807, 2.05) is 18.2 Å². The summed E-state index contributed by atoms with van der Waals surface area (Å²) in [5, 5.41) is 2.79. The molecule has 0 aliphatic rings. The molecular weight excluding hydrogens is 412 g/mol. The number of hydrogen-bond acceptors (Lipinski definition) is 4. The van der Waals surface area contributed by atoms with Gasteiger partial charge in [0.15, 0.2) is 0 Å². The lowest BCUT2D eigenvalue weighted by Crippen LogP contribution is -2.15. The highest BCUT2D eigenvalue weighted by molar-refractivity contribution is 7.92. The summed E-state index contributed by atoms with van der Waals surface area (Å²) in [5.41, 5.74) is 2.31. The molecule has 7 heteroatoms. The fraction of sp³-hybridized carbons (Fsp3) is 0.208. The van der Waals surface area contributed by atoms with E-state index in [1.54, 1.807) is 54.6 Å². The zero-order valence-corrected chi connectivity index (χ0v) is 18.8. The second kappa shape index (κ2) is 8.81. The van der Waals surface area contributed by atoms with Gasteiger partial charge in [-0.3, -0.25) is 9.52 Å². The van der Waals surface area contributed by atoms with Gasteiger partial charge in [-0.15, -0.1) is 0 Å². The van der Waals surface area contributed by atoms with Crippen molar-refractivity contribution in [2.24, 2.45) is 0 Å². The van der Waals surface area contributed by atoms with E-state index in [4.69, 9.17) is 4.74 Å². The maximum atomic E-state index is 12.7. The Hall–Kier alpha value is -3.32. The van der Waals surface area contributed by atoms with Crippen LogP contribution in [0.4, 0.5) is 11.4 Å². The van der Waals surface area contributed by atoms with E-state index in [-0.39, 0.29) is 16.2 Å². The predicted octanol–water partition coefficient (Wildman–Crippen LogP) is 5.05. The Bertz CT molecular complexity index is 1160. The van der Waals surface area contributed by atoms with Crippen molar-refractivity contribution >= 4 is 27.3 Å². The summed E-state index contributed by atoms with van der Waals surface area (Å²) in [4.78, 5) is 12.7. The van der Waals surface area contributed by atoms with Gasteiger partial charge in [-0.1, -0.05) is 45.0 Å². The maximum Gasteiger partial charge on any atom is 0.261 e. The molecule has 0 saturated heterocycles. The second-order valence-corrected chi connectivity index (χ2v) is 9.79. The molecule has 0 unspecified atom stereocenters. The number of rotatable bonds is 6. The van der Waals surface area contributed by atoms with E-state index in [1.165, 1.54) is 7.11 Å². The minimum Gasteiger partial charge on any atom is -0.495 e. The van der Waals surface area contributed by atoms with Gasteiger partial charge in [-0.2, -0.15) is 0 Å². The van der Waals surface area contributed by atoms with E-state index in [2.05, 4.69) is 30.8 Å². The van der Waals surface area contributed by atoms with Crippen LogP contribution in [0, 0.1) is 0 Å². The van der Waals surface area contributed by atoms with Crippen LogP contribution in [0.25, 0.3) is 0 Å². The fourth-order valence-electron chi connectivity index (χ4n) is 2.98. The summed E-state index contributed by atoms with van der Waals surface area (Å²) in [6, 6.07) is 20.2. The van der Waals surface area contributed by atoms with E-state index in [0.717, 1.165) is 5.56 Å². The van der Waals surface area contributed by atoms with Gasteiger partial charge in [-0.05, 0) is 59.5 Å². The van der Waals surface area contributed by atoms with Crippen LogP contribution in [-0.4, -0.2) is 21.4 Å². The normalized spacial score (nSPS) is 11.6. The first-order valence-electron chi connectivity index (χ1n) is 9.78. The van der Waals surface area contributed by atoms with Crippen LogP contribution in [0.1, 0.15) is 36.7 Å². The highest BCUT2D eigenvalue weighted by Crippen LogP contribution is 2.25. The molecule has 0 bridgehead atoms. The second-order valence-electron chi connectivity index (χ2n) is 8.11. The molecule has 0 aliphatic heterocycles. The molecule has 0 aliphatic carbocycles. The molecule has 0 radical (unpaired) electrons. The van der Waals surface area contributed by atoms with Gasteiger partial charge < -0.3 is 10.1 Å². The number of sulfonamides is 1. The number of anilines is 2. The number of nitrogens with one attached hydrogen (secondary N) is 2. The van der Waals surface area contributed by atoms with Crippen molar-refractivity contribution in [3.8, 4) is 5.75 Å². The summed E-state index contributed by atoms with van der Waals surface area (Å²) in [6.45, 7) is 6.21. The molecule has 0 heterocycles. The van der Waals surface area contributed by atoms with E-state index >= 15 is 0 Å². The largest absolute Gasteiger partial charge is 0.495 e. The quantitative estimate of drug-likeness (QED) is 0.564. The van der Waals surface area contributed by atoms with Crippen LogP contribution in [0.5, 0.6) is 5.75 Å². The average Bonchev–Trinajstić information content (AvgIpc) is 2.74. The average molecular weight is 439 g/mol. The summed E-state index contributed by atoms with van der Waals surface area (Å²) in [5.74, 6) is 0.231. The topological polar surface area (TPSA) is 84.5 Å². The third-order valence-corrected chi connectivity index (χ3v) is 6.18. The molecule has 3 aromatic rings. The van der Waals surface area contributed by atoms with Gasteiger partial charge in [0.1, 0.15) is 5.75 Å². The summed E-state index contributed by atoms with van der Waals surface area (Å²) < 4.78 is 33.2. The minimum atomic E-state index is -3.73. The Morgan fingerprint density at radius 1 is 0.871 bits per heavy atom. The molecule has 2 N–H and O–H groups in total. The lowest BCUT2D eigenvalue weighted by molar-refractivity contribution is 0.102. The first-order valence-corrected chi connectivity index (χ1v) is 11.3. The zero-order valence-electron chi connectivity index (χ0n) is 18.0. The van der Waals surface area contributed by atoms with Crippen molar-refractivity contribution in [2.75, 3.05) is 17.1 Å². The van der Waals surface area contributed by atoms with Crippen molar-refractivity contribution in [3.63, 3.8) is 0 Å². The van der Waals surface area contributed by atoms with Gasteiger partial charge in [0.05, 0.1) is 17.7 Å². The molecular formula is C24H26N2O4S. The van der Waals surface area contributed by atoms with Crippen molar-refractivity contribution in [1.29, 1.82) is 0 Å². The molecule has 3 rings (SSSR count). The molecule has 0 aromatic heterocycles. The Morgan fingerprint density at radius 3 is 2.06 bits per heavy atom. The van der Waals surface area contributed by atoms with Crippen LogP contribution in [0.15, 0.2) is 77.7 Å². The Balaban J connectivity index is 1.71. The molecule has 6 nitrogen and oxygen atoms in total. The number of para-hydroxylation sites is 2. The van der Waals surface area contributed by atoms with E-state index < -0.39 is 10.0 Å². The molecule has 0 atom stereocenters. The molecule has 0 fully saturated rings. The maximum absolute atomic E-state index is 12.7. The van der Waals surface area contributed by atoms with Crippen LogP contribution in [0.3, 0.4) is 0 Å². The van der Waals surface area contributed by atoms with Gasteiger partial charge in [0.2, 0.25) is 0 Å². The van der Waals surface area contributed by atoms with Crippen LogP contribution >= 0.6 is 0 Å². The van der Waals surface area contributed by atoms with Crippen molar-refractivity contribution in [2.45, 2.75) is 31.1 Å². The molecule has 0 saturated carbocycles. The van der Waals surface area contributed by atoms with E-state index in [0.29, 0.717) is 22.7 Å². The molecule has 0 spiro atoms. The lowest BCUT2D eigenvalue weighted by atomic mass is 9.87. The monoisotopic (exact) mass is 438 g/mol. The third-order valence-electron chi connectivity index (χ3n) is 4.79. The predicted molar refractivity (Wildman–Crippen MR) is 123 cm³/mol. The Labute approximate surface area is 183 Å². The van der Waals surface area contributed by atoms with Crippen LogP contribution in [-0.2, 0) is 15.4 Å². The molecule has 3 aromatic carbocycles. The van der Waals surface area contributed by atoms with Gasteiger partial charge in [0.25, 0.3) is 15.9 Å². The Morgan fingerprint density at radius 2 is 1.48 bits per heavy atom. The molecule has 1 amide bonds. The smallest absolute Gasteiger partial charge is 0.261 e. The number of ether oxygens (including phenoxy) is 1. The number of methoxy groups -OCH3 is 1. The van der Waals surface area contributed by atoms with Crippen LogP contribution in [0.2, 0.25) is 0 Å². The highest BCUT2D eigenvalue weighted by atomic mass is 32.2. The summed E-state index contributed by atoms with van der Waals surface area (Å²) >= 11 is 0. The number of benzene rings is 3. The zero-order chi connectivity index (χ0) is 22.6. The van der Waals surface area contributed by atoms with Crippen molar-refractivity contribution in [3.05, 3.63) is 83.9 Å². The number of carbonyl (C=O) groups is 1. The fourth-order valence-corrected chi connectivity index (χ4v) is 4.04. The van der Waals surface area contributed by atoms with Crippen molar-refractivity contribution < 1.29 is 17.9 Å². The van der Waals surface area contributed by atoms with Gasteiger partial charge in [0, 0.05) is 11.3 Å². The highest BCUT2D eigenvalue weighted by Gasteiger charge is 2.18. The third kappa shape index (κ3) is 5.44. The SMILES string of the molecule is COc1ccccc1NC(=O)c1ccc(NS(=O)(=O)c2ccc(C(C)(C)C)cc2)cc1.